The second kappa shape index (κ2) is 5.62. The van der Waals surface area contributed by atoms with Crippen LogP contribution in [0.4, 0.5) is 0 Å². The fourth-order valence-corrected chi connectivity index (χ4v) is 1.24. The lowest BCUT2D eigenvalue weighted by Crippen LogP contribution is -2.21. The maximum atomic E-state index is 10.5. The van der Waals surface area contributed by atoms with Crippen molar-refractivity contribution in [1.82, 2.24) is 10.1 Å². The molecule has 1 heterocycles. The van der Waals surface area contributed by atoms with Gasteiger partial charge in [-0.3, -0.25) is 4.90 Å². The summed E-state index contributed by atoms with van der Waals surface area (Å²) >= 11 is 0. The summed E-state index contributed by atoms with van der Waals surface area (Å²) in [4.78, 5) is 12.5. The Balaban J connectivity index is 2.43. The highest BCUT2D eigenvalue weighted by molar-refractivity contribution is 5.85. The summed E-state index contributed by atoms with van der Waals surface area (Å²) in [7, 11) is 1.87. The molecular weight excluding hydrogens is 212 g/mol. The van der Waals surface area contributed by atoms with Gasteiger partial charge in [0.25, 0.3) is 0 Å². The standard InChI is InChI=1S/C10H16N2O4/c1-7(13)3-4-12(2)6-8-5-9(10(14)15)11-16-8/h5,7,13H,3-4,6H2,1-2H3,(H,14,15). The van der Waals surface area contributed by atoms with Crippen LogP contribution in [0.25, 0.3) is 0 Å². The smallest absolute Gasteiger partial charge is 0.358 e. The molecule has 1 aromatic heterocycles. The van der Waals surface area contributed by atoms with E-state index in [1.54, 1.807) is 6.92 Å². The highest BCUT2D eigenvalue weighted by atomic mass is 16.5. The molecule has 0 aliphatic rings. The number of aromatic carboxylic acids is 1. The predicted molar refractivity (Wildman–Crippen MR) is 56.1 cm³/mol. The predicted octanol–water partition coefficient (Wildman–Crippen LogP) is 0.576. The molecular formula is C10H16N2O4. The van der Waals surface area contributed by atoms with Crippen LogP contribution in [0, 0.1) is 0 Å². The molecule has 0 amide bonds. The lowest BCUT2D eigenvalue weighted by atomic mass is 10.2. The lowest BCUT2D eigenvalue weighted by molar-refractivity contribution is 0.0685. The van der Waals surface area contributed by atoms with Crippen LogP contribution in [-0.2, 0) is 6.54 Å². The number of aliphatic hydroxyl groups excluding tert-OH is 1. The molecule has 0 bridgehead atoms. The van der Waals surface area contributed by atoms with Crippen molar-refractivity contribution in [3.05, 3.63) is 17.5 Å². The Labute approximate surface area is 93.5 Å². The Kier molecular flexibility index (Phi) is 4.45. The van der Waals surface area contributed by atoms with Gasteiger partial charge in [-0.15, -0.1) is 0 Å². The van der Waals surface area contributed by atoms with Gasteiger partial charge in [-0.2, -0.15) is 0 Å². The third-order valence-electron chi connectivity index (χ3n) is 2.13. The van der Waals surface area contributed by atoms with E-state index in [1.165, 1.54) is 6.07 Å². The lowest BCUT2D eigenvalue weighted by Gasteiger charge is -2.15. The highest BCUT2D eigenvalue weighted by Crippen LogP contribution is 2.07. The van der Waals surface area contributed by atoms with Crippen LogP contribution >= 0.6 is 0 Å². The zero-order valence-electron chi connectivity index (χ0n) is 9.38. The minimum absolute atomic E-state index is 0.0843. The first-order chi connectivity index (χ1) is 7.49. The number of rotatable bonds is 6. The van der Waals surface area contributed by atoms with Crippen LogP contribution < -0.4 is 0 Å². The van der Waals surface area contributed by atoms with Gasteiger partial charge in [0, 0.05) is 12.6 Å². The number of hydrogen-bond donors (Lipinski definition) is 2. The number of aromatic nitrogens is 1. The first-order valence-electron chi connectivity index (χ1n) is 5.04. The molecule has 1 atom stereocenters. The maximum absolute atomic E-state index is 10.5. The molecule has 2 N–H and O–H groups in total. The van der Waals surface area contributed by atoms with Crippen LogP contribution in [0.1, 0.15) is 29.6 Å². The van der Waals surface area contributed by atoms with Gasteiger partial charge in [0.1, 0.15) is 0 Å². The van der Waals surface area contributed by atoms with E-state index < -0.39 is 5.97 Å². The van der Waals surface area contributed by atoms with Crippen molar-refractivity contribution < 1.29 is 19.5 Å². The molecule has 0 spiro atoms. The fourth-order valence-electron chi connectivity index (χ4n) is 1.24. The van der Waals surface area contributed by atoms with Crippen molar-refractivity contribution in [3.8, 4) is 0 Å². The van der Waals surface area contributed by atoms with Crippen LogP contribution in [0.5, 0.6) is 0 Å². The SMILES string of the molecule is CC(O)CCN(C)Cc1cc(C(=O)O)no1. The molecule has 0 aliphatic heterocycles. The van der Waals surface area contributed by atoms with E-state index >= 15 is 0 Å². The molecule has 0 fully saturated rings. The summed E-state index contributed by atoms with van der Waals surface area (Å²) in [5.41, 5.74) is -0.0843. The minimum Gasteiger partial charge on any atom is -0.476 e. The topological polar surface area (TPSA) is 86.8 Å². The Morgan fingerprint density at radius 1 is 1.69 bits per heavy atom. The van der Waals surface area contributed by atoms with E-state index in [0.29, 0.717) is 25.3 Å². The first kappa shape index (κ1) is 12.7. The van der Waals surface area contributed by atoms with E-state index in [4.69, 9.17) is 14.7 Å². The molecule has 6 nitrogen and oxygen atoms in total. The number of carboxylic acid groups (broad SMARTS) is 1. The number of carbonyl (C=O) groups is 1. The fraction of sp³-hybridized carbons (Fsp3) is 0.600. The summed E-state index contributed by atoms with van der Waals surface area (Å²) in [6, 6.07) is 1.40. The van der Waals surface area contributed by atoms with Gasteiger partial charge < -0.3 is 14.7 Å². The zero-order chi connectivity index (χ0) is 12.1. The van der Waals surface area contributed by atoms with Crippen molar-refractivity contribution >= 4 is 5.97 Å². The number of carboxylic acids is 1. The van der Waals surface area contributed by atoms with Gasteiger partial charge in [-0.1, -0.05) is 5.16 Å². The van der Waals surface area contributed by atoms with Crippen molar-refractivity contribution in [3.63, 3.8) is 0 Å². The van der Waals surface area contributed by atoms with E-state index in [9.17, 15) is 4.79 Å². The molecule has 6 heteroatoms. The monoisotopic (exact) mass is 228 g/mol. The van der Waals surface area contributed by atoms with Gasteiger partial charge in [-0.25, -0.2) is 4.79 Å². The van der Waals surface area contributed by atoms with Gasteiger partial charge in [0.15, 0.2) is 11.5 Å². The van der Waals surface area contributed by atoms with E-state index in [2.05, 4.69) is 5.16 Å². The third-order valence-corrected chi connectivity index (χ3v) is 2.13. The molecule has 0 saturated carbocycles. The molecule has 16 heavy (non-hydrogen) atoms. The molecule has 0 radical (unpaired) electrons. The Bertz CT molecular complexity index is 348. The molecule has 1 aromatic rings. The largest absolute Gasteiger partial charge is 0.476 e. The van der Waals surface area contributed by atoms with E-state index in [-0.39, 0.29) is 11.8 Å². The molecule has 1 unspecified atom stereocenters. The van der Waals surface area contributed by atoms with Crippen LogP contribution in [0.2, 0.25) is 0 Å². The van der Waals surface area contributed by atoms with Crippen LogP contribution in [-0.4, -0.2) is 45.9 Å². The molecule has 90 valence electrons. The van der Waals surface area contributed by atoms with Gasteiger partial charge in [0.05, 0.1) is 12.6 Å². The van der Waals surface area contributed by atoms with Gasteiger partial charge >= 0.3 is 5.97 Å². The number of aliphatic hydroxyl groups is 1. The summed E-state index contributed by atoms with van der Waals surface area (Å²) in [5.74, 6) is -0.591. The average molecular weight is 228 g/mol. The molecule has 0 aromatic carbocycles. The Morgan fingerprint density at radius 2 is 2.38 bits per heavy atom. The highest BCUT2D eigenvalue weighted by Gasteiger charge is 2.12. The molecule has 1 rings (SSSR count). The normalized spacial score (nSPS) is 13.0. The Morgan fingerprint density at radius 3 is 2.88 bits per heavy atom. The number of hydrogen-bond acceptors (Lipinski definition) is 5. The summed E-state index contributed by atoms with van der Waals surface area (Å²) in [5, 5.41) is 21.2. The van der Waals surface area contributed by atoms with Gasteiger partial charge in [-0.05, 0) is 20.4 Å². The summed E-state index contributed by atoms with van der Waals surface area (Å²) in [6.07, 6.45) is 0.322. The molecule has 0 saturated heterocycles. The van der Waals surface area contributed by atoms with Crippen molar-refractivity contribution in [1.29, 1.82) is 0 Å². The summed E-state index contributed by atoms with van der Waals surface area (Å²) < 4.78 is 4.87. The molecule has 0 aliphatic carbocycles. The van der Waals surface area contributed by atoms with E-state index in [0.717, 1.165) is 0 Å². The summed E-state index contributed by atoms with van der Waals surface area (Å²) in [6.45, 7) is 2.92. The quantitative estimate of drug-likeness (QED) is 0.740. The number of nitrogens with zero attached hydrogens (tertiary/aromatic N) is 2. The van der Waals surface area contributed by atoms with Crippen molar-refractivity contribution in [2.75, 3.05) is 13.6 Å². The maximum Gasteiger partial charge on any atom is 0.358 e. The second-order valence-electron chi connectivity index (χ2n) is 3.86. The Hall–Kier alpha value is -1.40. The van der Waals surface area contributed by atoms with Gasteiger partial charge in [0.2, 0.25) is 0 Å². The first-order valence-corrected chi connectivity index (χ1v) is 5.04. The van der Waals surface area contributed by atoms with Crippen LogP contribution in [0.15, 0.2) is 10.6 Å². The third kappa shape index (κ3) is 4.00. The van der Waals surface area contributed by atoms with Crippen molar-refractivity contribution in [2.45, 2.75) is 26.0 Å². The van der Waals surface area contributed by atoms with Crippen molar-refractivity contribution in [2.24, 2.45) is 0 Å². The second-order valence-corrected chi connectivity index (χ2v) is 3.86. The van der Waals surface area contributed by atoms with E-state index in [1.807, 2.05) is 11.9 Å². The minimum atomic E-state index is -1.10. The zero-order valence-corrected chi connectivity index (χ0v) is 9.38. The average Bonchev–Trinajstić information content (AvgIpc) is 2.63. The van der Waals surface area contributed by atoms with Crippen LogP contribution in [0.3, 0.4) is 0 Å².